The number of rotatable bonds is 5. The van der Waals surface area contributed by atoms with E-state index in [0.29, 0.717) is 28.4 Å². The lowest BCUT2D eigenvalue weighted by atomic mass is 9.89. The number of aliphatic hydroxyl groups is 1. The van der Waals surface area contributed by atoms with Gasteiger partial charge in [-0.1, -0.05) is 6.07 Å². The van der Waals surface area contributed by atoms with E-state index < -0.39 is 11.8 Å². The average molecular weight is 410 g/mol. The van der Waals surface area contributed by atoms with Gasteiger partial charge in [-0.3, -0.25) is 0 Å². The number of methoxy groups -OCH3 is 1. The third-order valence-electron chi connectivity index (χ3n) is 5.17. The van der Waals surface area contributed by atoms with Crippen LogP contribution in [0.5, 0.6) is 17.2 Å². The lowest BCUT2D eigenvalue weighted by Crippen LogP contribution is -2.29. The number of benzene rings is 2. The summed E-state index contributed by atoms with van der Waals surface area (Å²) in [7, 11) is 1.55. The fraction of sp³-hybridized carbons (Fsp3) is 0.227. The van der Waals surface area contributed by atoms with Crippen molar-refractivity contribution in [1.82, 2.24) is 0 Å². The molecule has 0 spiro atoms. The largest absolute Gasteiger partial charge is 0.497 e. The number of hydrogen-bond acceptors (Lipinski definition) is 8. The normalized spacial score (nSPS) is 21.8. The van der Waals surface area contributed by atoms with E-state index in [0.717, 1.165) is 5.56 Å². The van der Waals surface area contributed by atoms with Crippen molar-refractivity contribution in [3.63, 3.8) is 0 Å². The number of fused-ring (bicyclic) bond motifs is 1. The lowest BCUT2D eigenvalue weighted by Gasteiger charge is -2.26. The van der Waals surface area contributed by atoms with Crippen molar-refractivity contribution in [3.05, 3.63) is 76.8 Å². The van der Waals surface area contributed by atoms with Crippen LogP contribution in [0.2, 0.25) is 0 Å². The van der Waals surface area contributed by atoms with Crippen molar-refractivity contribution in [2.75, 3.05) is 20.7 Å². The maximum Gasteiger partial charge on any atom is 0.345 e. The average Bonchev–Trinajstić information content (AvgIpc) is 3.49. The molecule has 3 aliphatic rings. The first kappa shape index (κ1) is 18.4. The van der Waals surface area contributed by atoms with Crippen LogP contribution in [0.15, 0.2) is 65.6 Å². The Morgan fingerprint density at radius 2 is 1.83 bits per heavy atom. The zero-order valence-corrected chi connectivity index (χ0v) is 16.0. The van der Waals surface area contributed by atoms with Crippen molar-refractivity contribution in [2.45, 2.75) is 12.2 Å². The molecule has 2 aromatic rings. The van der Waals surface area contributed by atoms with Crippen molar-refractivity contribution >= 4 is 5.97 Å². The second kappa shape index (κ2) is 7.00. The van der Waals surface area contributed by atoms with Gasteiger partial charge in [-0.15, -0.1) is 0 Å². The highest BCUT2D eigenvalue weighted by atomic mass is 16.7. The van der Waals surface area contributed by atoms with Gasteiger partial charge >= 0.3 is 5.97 Å². The zero-order valence-electron chi connectivity index (χ0n) is 16.0. The zero-order chi connectivity index (χ0) is 20.7. The highest BCUT2D eigenvalue weighted by Crippen LogP contribution is 2.45. The Morgan fingerprint density at radius 1 is 1.03 bits per heavy atom. The van der Waals surface area contributed by atoms with Gasteiger partial charge in [0.05, 0.1) is 7.11 Å². The first-order valence-corrected chi connectivity index (χ1v) is 9.26. The molecule has 1 atom stereocenters. The Kier molecular flexibility index (Phi) is 4.29. The van der Waals surface area contributed by atoms with Crippen molar-refractivity contribution in [1.29, 1.82) is 0 Å². The van der Waals surface area contributed by atoms with Crippen LogP contribution < -0.4 is 14.2 Å². The highest BCUT2D eigenvalue weighted by molar-refractivity contribution is 5.97. The molecule has 8 nitrogen and oxygen atoms in total. The highest BCUT2D eigenvalue weighted by Gasteiger charge is 2.49. The van der Waals surface area contributed by atoms with E-state index >= 15 is 0 Å². The Labute approximate surface area is 171 Å². The van der Waals surface area contributed by atoms with Crippen LogP contribution in [0.4, 0.5) is 0 Å². The SMILES string of the molecule is COc1ccc(C2(O)OC(=O)C(C3=COCO3)=C2Cc2ccc3c(c2)OCO3)cc1. The van der Waals surface area contributed by atoms with E-state index in [-0.39, 0.29) is 31.3 Å². The molecule has 1 unspecified atom stereocenters. The standard InChI is InChI=1S/C22H18O8/c1-25-15-5-3-14(4-6-15)22(24)16(20(21(23)30-22)19-10-26-11-27-19)8-13-2-7-17-18(9-13)29-12-28-17/h2-7,9-10,24H,8,11-12H2,1H3. The number of ether oxygens (including phenoxy) is 6. The fourth-order valence-electron chi connectivity index (χ4n) is 3.67. The van der Waals surface area contributed by atoms with Crippen LogP contribution in [0, 0.1) is 0 Å². The van der Waals surface area contributed by atoms with Crippen molar-refractivity contribution < 1.29 is 38.3 Å². The van der Waals surface area contributed by atoms with Gasteiger partial charge in [0, 0.05) is 17.6 Å². The van der Waals surface area contributed by atoms with Gasteiger partial charge in [-0.25, -0.2) is 4.79 Å². The van der Waals surface area contributed by atoms with E-state index in [4.69, 9.17) is 28.4 Å². The Hall–Kier alpha value is -3.65. The van der Waals surface area contributed by atoms with Gasteiger partial charge in [-0.2, -0.15) is 0 Å². The fourth-order valence-corrected chi connectivity index (χ4v) is 3.67. The second-order valence-electron chi connectivity index (χ2n) is 6.89. The number of hydrogen-bond donors (Lipinski definition) is 1. The molecule has 0 saturated heterocycles. The van der Waals surface area contributed by atoms with Gasteiger partial charge < -0.3 is 33.5 Å². The molecular weight excluding hydrogens is 392 g/mol. The summed E-state index contributed by atoms with van der Waals surface area (Å²) in [4.78, 5) is 12.8. The van der Waals surface area contributed by atoms with Crippen LogP contribution in [0.25, 0.3) is 0 Å². The minimum Gasteiger partial charge on any atom is -0.497 e. The summed E-state index contributed by atoms with van der Waals surface area (Å²) in [5, 5.41) is 11.5. The summed E-state index contributed by atoms with van der Waals surface area (Å²) in [6.45, 7) is 0.145. The number of carbonyl (C=O) groups excluding carboxylic acids is 1. The molecule has 0 aromatic heterocycles. The molecule has 0 bridgehead atoms. The lowest BCUT2D eigenvalue weighted by molar-refractivity contribution is -0.186. The molecule has 0 saturated carbocycles. The molecule has 3 aliphatic heterocycles. The van der Waals surface area contributed by atoms with E-state index in [1.165, 1.54) is 6.26 Å². The van der Waals surface area contributed by atoms with E-state index in [2.05, 4.69) is 0 Å². The quantitative estimate of drug-likeness (QED) is 0.752. The summed E-state index contributed by atoms with van der Waals surface area (Å²) < 4.78 is 32.0. The molecule has 0 amide bonds. The van der Waals surface area contributed by atoms with Crippen LogP contribution in [-0.4, -0.2) is 31.8 Å². The molecule has 30 heavy (non-hydrogen) atoms. The predicted molar refractivity (Wildman–Crippen MR) is 101 cm³/mol. The summed E-state index contributed by atoms with van der Waals surface area (Å²) >= 11 is 0. The number of cyclic esters (lactones) is 1. The summed E-state index contributed by atoms with van der Waals surface area (Å²) in [5.74, 6) is -0.577. The van der Waals surface area contributed by atoms with Crippen LogP contribution in [-0.2, 0) is 31.2 Å². The maximum absolute atomic E-state index is 12.8. The summed E-state index contributed by atoms with van der Waals surface area (Å²) in [5.41, 5.74) is 1.68. The number of carbonyl (C=O) groups is 1. The third kappa shape index (κ3) is 2.93. The van der Waals surface area contributed by atoms with Crippen LogP contribution in [0.3, 0.4) is 0 Å². The van der Waals surface area contributed by atoms with Crippen molar-refractivity contribution in [3.8, 4) is 17.2 Å². The molecule has 1 N–H and O–H groups in total. The molecular formula is C22H18O8. The molecule has 154 valence electrons. The van der Waals surface area contributed by atoms with Crippen LogP contribution in [0.1, 0.15) is 11.1 Å². The molecule has 0 radical (unpaired) electrons. The Morgan fingerprint density at radius 3 is 2.57 bits per heavy atom. The first-order chi connectivity index (χ1) is 14.6. The molecule has 8 heteroatoms. The number of esters is 1. The van der Waals surface area contributed by atoms with Gasteiger partial charge in [0.1, 0.15) is 17.6 Å². The molecule has 2 aromatic carbocycles. The summed E-state index contributed by atoms with van der Waals surface area (Å²) in [6.07, 6.45) is 1.55. The minimum atomic E-state index is -1.97. The summed E-state index contributed by atoms with van der Waals surface area (Å²) in [6, 6.07) is 12.1. The second-order valence-corrected chi connectivity index (χ2v) is 6.89. The van der Waals surface area contributed by atoms with Crippen molar-refractivity contribution in [2.24, 2.45) is 0 Å². The van der Waals surface area contributed by atoms with Gasteiger partial charge in [0.15, 0.2) is 17.3 Å². The molecule has 0 aliphatic carbocycles. The maximum atomic E-state index is 12.8. The predicted octanol–water partition coefficient (Wildman–Crippen LogP) is 2.51. The monoisotopic (exact) mass is 410 g/mol. The minimum absolute atomic E-state index is 0.00954. The third-order valence-corrected chi connectivity index (χ3v) is 5.17. The van der Waals surface area contributed by atoms with E-state index in [1.54, 1.807) is 37.4 Å². The topological polar surface area (TPSA) is 92.7 Å². The Bertz CT molecular complexity index is 1070. The van der Waals surface area contributed by atoms with Crippen LogP contribution >= 0.6 is 0 Å². The van der Waals surface area contributed by atoms with E-state index in [9.17, 15) is 9.90 Å². The molecule has 0 fully saturated rings. The van der Waals surface area contributed by atoms with Gasteiger partial charge in [-0.05, 0) is 42.0 Å². The van der Waals surface area contributed by atoms with Gasteiger partial charge in [0.2, 0.25) is 13.6 Å². The first-order valence-electron chi connectivity index (χ1n) is 9.26. The Balaban J connectivity index is 1.60. The van der Waals surface area contributed by atoms with E-state index in [1.807, 2.05) is 12.1 Å². The molecule has 5 rings (SSSR count). The van der Waals surface area contributed by atoms with Gasteiger partial charge in [0.25, 0.3) is 5.79 Å². The molecule has 3 heterocycles. The smallest absolute Gasteiger partial charge is 0.345 e.